The Bertz CT molecular complexity index is 661. The van der Waals surface area contributed by atoms with Gasteiger partial charge in [-0.15, -0.1) is 0 Å². The fourth-order valence-corrected chi connectivity index (χ4v) is 3.51. The van der Waals surface area contributed by atoms with Crippen LogP contribution >= 0.6 is 0 Å². The van der Waals surface area contributed by atoms with Crippen molar-refractivity contribution in [3.63, 3.8) is 0 Å². The average molecular weight is 329 g/mol. The highest BCUT2D eigenvalue weighted by Crippen LogP contribution is 2.23. The van der Waals surface area contributed by atoms with Crippen LogP contribution in [0.25, 0.3) is 6.08 Å². The third-order valence-electron chi connectivity index (χ3n) is 4.67. The molecule has 24 heavy (non-hydrogen) atoms. The number of hydrogen-bond donors (Lipinski definition) is 0. The van der Waals surface area contributed by atoms with Crippen LogP contribution in [0.2, 0.25) is 0 Å². The molecule has 1 aliphatic rings. The van der Waals surface area contributed by atoms with Crippen molar-refractivity contribution in [2.45, 2.75) is 46.1 Å². The zero-order valence-corrected chi connectivity index (χ0v) is 15.1. The highest BCUT2D eigenvalue weighted by Gasteiger charge is 2.21. The van der Waals surface area contributed by atoms with Gasteiger partial charge in [0.05, 0.1) is 12.6 Å². The number of nitriles is 1. The Hall–Kier alpha value is -2.06. The van der Waals surface area contributed by atoms with Gasteiger partial charge in [0.1, 0.15) is 11.6 Å². The molecule has 1 amide bonds. The Morgan fingerprint density at radius 2 is 2.04 bits per heavy atom. The van der Waals surface area contributed by atoms with Gasteiger partial charge in [0.2, 0.25) is 0 Å². The molecule has 0 N–H and O–H groups in total. The number of likely N-dealkylation sites (tertiary alicyclic amines) is 1. The number of amides is 1. The topological polar surface area (TPSA) is 58.3 Å². The van der Waals surface area contributed by atoms with E-state index >= 15 is 0 Å². The molecule has 0 aromatic carbocycles. The molecule has 0 saturated carbocycles. The lowest BCUT2D eigenvalue weighted by Gasteiger charge is -2.26. The molecule has 1 aromatic rings. The van der Waals surface area contributed by atoms with Gasteiger partial charge in [-0.3, -0.25) is 4.79 Å². The second-order valence-corrected chi connectivity index (χ2v) is 6.52. The van der Waals surface area contributed by atoms with E-state index in [4.69, 9.17) is 4.74 Å². The summed E-state index contributed by atoms with van der Waals surface area (Å²) in [4.78, 5) is 14.4. The van der Waals surface area contributed by atoms with E-state index in [1.165, 1.54) is 0 Å². The van der Waals surface area contributed by atoms with Crippen LogP contribution in [0.1, 0.15) is 49.2 Å². The first kappa shape index (κ1) is 18.3. The lowest BCUT2D eigenvalue weighted by atomic mass is 10.1. The number of rotatable bonds is 5. The van der Waals surface area contributed by atoms with E-state index in [0.29, 0.717) is 6.61 Å². The third kappa shape index (κ3) is 3.88. The molecular weight excluding hydrogens is 302 g/mol. The van der Waals surface area contributed by atoms with Gasteiger partial charge in [0, 0.05) is 31.6 Å². The lowest BCUT2D eigenvalue weighted by molar-refractivity contribution is -0.127. The molecule has 1 unspecified atom stereocenters. The first-order valence-corrected chi connectivity index (χ1v) is 8.58. The molecule has 0 bridgehead atoms. The molecule has 1 atom stereocenters. The number of aryl methyl sites for hydroxylation is 1. The van der Waals surface area contributed by atoms with Crippen molar-refractivity contribution in [3.8, 4) is 6.07 Å². The number of nitrogens with zero attached hydrogens (tertiary/aromatic N) is 3. The van der Waals surface area contributed by atoms with Crippen LogP contribution in [0, 0.1) is 25.2 Å². The van der Waals surface area contributed by atoms with Crippen LogP contribution in [-0.4, -0.2) is 42.2 Å². The zero-order chi connectivity index (χ0) is 17.7. The van der Waals surface area contributed by atoms with Gasteiger partial charge in [-0.1, -0.05) is 0 Å². The first-order chi connectivity index (χ1) is 11.5. The summed E-state index contributed by atoms with van der Waals surface area (Å²) < 4.78 is 7.44. The van der Waals surface area contributed by atoms with Crippen molar-refractivity contribution >= 4 is 12.0 Å². The molecule has 5 nitrogen and oxygen atoms in total. The number of carbonyl (C=O) groups is 1. The minimum atomic E-state index is -0.146. The molecule has 1 aliphatic heterocycles. The Balaban J connectivity index is 2.29. The van der Waals surface area contributed by atoms with Crippen molar-refractivity contribution < 1.29 is 9.53 Å². The van der Waals surface area contributed by atoms with E-state index in [2.05, 4.69) is 17.6 Å². The summed E-state index contributed by atoms with van der Waals surface area (Å²) in [6.45, 7) is 8.28. The monoisotopic (exact) mass is 329 g/mol. The third-order valence-corrected chi connectivity index (χ3v) is 4.67. The summed E-state index contributed by atoms with van der Waals surface area (Å²) in [6, 6.07) is 4.33. The summed E-state index contributed by atoms with van der Waals surface area (Å²) in [7, 11) is 1.69. The van der Waals surface area contributed by atoms with E-state index in [0.717, 1.165) is 49.3 Å². The number of carbonyl (C=O) groups excluding carboxylic acids is 1. The fraction of sp³-hybridized carbons (Fsp3) is 0.579. The number of methoxy groups -OCH3 is 1. The first-order valence-electron chi connectivity index (χ1n) is 8.58. The van der Waals surface area contributed by atoms with Crippen molar-refractivity contribution in [2.75, 3.05) is 26.8 Å². The predicted octanol–water partition coefficient (Wildman–Crippen LogP) is 3.23. The summed E-state index contributed by atoms with van der Waals surface area (Å²) in [5.74, 6) is -0.146. The van der Waals surface area contributed by atoms with Crippen LogP contribution in [0.3, 0.4) is 0 Å². The van der Waals surface area contributed by atoms with E-state index in [9.17, 15) is 10.1 Å². The van der Waals surface area contributed by atoms with Crippen molar-refractivity contribution in [1.82, 2.24) is 9.47 Å². The quantitative estimate of drug-likeness (QED) is 0.615. The minimum Gasteiger partial charge on any atom is -0.383 e. The molecule has 0 aliphatic carbocycles. The van der Waals surface area contributed by atoms with Crippen LogP contribution < -0.4 is 0 Å². The predicted molar refractivity (Wildman–Crippen MR) is 94.5 cm³/mol. The molecule has 1 fully saturated rings. The number of piperidine rings is 1. The second kappa shape index (κ2) is 8.16. The molecule has 0 radical (unpaired) electrons. The van der Waals surface area contributed by atoms with Crippen molar-refractivity contribution in [1.29, 1.82) is 5.26 Å². The van der Waals surface area contributed by atoms with Gasteiger partial charge in [-0.05, 0) is 57.7 Å². The summed E-state index contributed by atoms with van der Waals surface area (Å²) in [5, 5.41) is 9.46. The Morgan fingerprint density at radius 1 is 1.38 bits per heavy atom. The highest BCUT2D eigenvalue weighted by atomic mass is 16.5. The molecule has 2 rings (SSSR count). The van der Waals surface area contributed by atoms with E-state index in [1.54, 1.807) is 18.1 Å². The number of ether oxygens (including phenoxy) is 1. The van der Waals surface area contributed by atoms with Crippen LogP contribution in [0.15, 0.2) is 11.6 Å². The molecule has 2 heterocycles. The van der Waals surface area contributed by atoms with Crippen LogP contribution in [-0.2, 0) is 9.53 Å². The van der Waals surface area contributed by atoms with Crippen LogP contribution in [0.5, 0.6) is 0 Å². The van der Waals surface area contributed by atoms with Crippen LogP contribution in [0.4, 0.5) is 0 Å². The maximum Gasteiger partial charge on any atom is 0.264 e. The molecule has 1 aromatic heterocycles. The van der Waals surface area contributed by atoms with Gasteiger partial charge in [-0.25, -0.2) is 0 Å². The fourth-order valence-electron chi connectivity index (χ4n) is 3.51. The maximum absolute atomic E-state index is 12.6. The van der Waals surface area contributed by atoms with Gasteiger partial charge in [0.15, 0.2) is 0 Å². The number of aromatic nitrogens is 1. The minimum absolute atomic E-state index is 0.146. The standard InChI is InChI=1S/C19H27N3O2/c1-14-10-17(16(3)22(14)15(2)13-24-4)11-18(12-20)19(23)21-8-6-5-7-9-21/h10-11,15H,5-9,13H2,1-4H3/b18-11+. The molecular formula is C19H27N3O2. The summed E-state index contributed by atoms with van der Waals surface area (Å²) >= 11 is 0. The van der Waals surface area contributed by atoms with E-state index < -0.39 is 0 Å². The summed E-state index contributed by atoms with van der Waals surface area (Å²) in [5.41, 5.74) is 3.30. The Labute approximate surface area is 144 Å². The maximum atomic E-state index is 12.6. The molecule has 130 valence electrons. The van der Waals surface area contributed by atoms with Gasteiger partial charge in [-0.2, -0.15) is 5.26 Å². The zero-order valence-electron chi connectivity index (χ0n) is 15.1. The van der Waals surface area contributed by atoms with Crippen molar-refractivity contribution in [3.05, 3.63) is 28.6 Å². The number of hydrogen-bond acceptors (Lipinski definition) is 3. The normalized spacial score (nSPS) is 16.8. The average Bonchev–Trinajstić information content (AvgIpc) is 2.86. The molecule has 0 spiro atoms. The largest absolute Gasteiger partial charge is 0.383 e. The lowest BCUT2D eigenvalue weighted by Crippen LogP contribution is -2.36. The Morgan fingerprint density at radius 3 is 2.62 bits per heavy atom. The van der Waals surface area contributed by atoms with E-state index in [-0.39, 0.29) is 17.5 Å². The van der Waals surface area contributed by atoms with E-state index in [1.807, 2.05) is 19.9 Å². The Kier molecular flexibility index (Phi) is 6.22. The SMILES string of the molecule is COCC(C)n1c(C)cc(/C=C(\C#N)C(=O)N2CCCCC2)c1C. The van der Waals surface area contributed by atoms with Gasteiger partial charge < -0.3 is 14.2 Å². The highest BCUT2D eigenvalue weighted by molar-refractivity contribution is 6.01. The second-order valence-electron chi connectivity index (χ2n) is 6.52. The molecule has 5 heteroatoms. The molecule has 1 saturated heterocycles. The van der Waals surface area contributed by atoms with Gasteiger partial charge >= 0.3 is 0 Å². The smallest absolute Gasteiger partial charge is 0.264 e. The van der Waals surface area contributed by atoms with Gasteiger partial charge in [0.25, 0.3) is 5.91 Å². The summed E-state index contributed by atoms with van der Waals surface area (Å²) in [6.07, 6.45) is 4.93. The van der Waals surface area contributed by atoms with Crippen molar-refractivity contribution in [2.24, 2.45) is 0 Å².